The van der Waals surface area contributed by atoms with E-state index in [1.54, 1.807) is 7.05 Å². The highest BCUT2D eigenvalue weighted by atomic mass is 127. The summed E-state index contributed by atoms with van der Waals surface area (Å²) in [6.07, 6.45) is 1.81. The standard InChI is InChI=1S/C20H24ClN3O2.HI/c1-22-20(23-10-9-15-3-6-17(21)7-4-15)24-14-16-5-8-18-19(13-16)26-12-2-11-25-18;/h3-8,13H,2,9-12,14H2,1H3,(H2,22,23,24);1H. The summed E-state index contributed by atoms with van der Waals surface area (Å²) in [4.78, 5) is 4.27. The Kier molecular flexibility index (Phi) is 9.00. The molecule has 1 aliphatic heterocycles. The van der Waals surface area contributed by atoms with Crippen LogP contribution in [0.4, 0.5) is 0 Å². The van der Waals surface area contributed by atoms with Gasteiger partial charge in [0.2, 0.25) is 0 Å². The first-order valence-electron chi connectivity index (χ1n) is 8.82. The summed E-state index contributed by atoms with van der Waals surface area (Å²) in [5, 5.41) is 7.41. The SMILES string of the molecule is CN=C(NCCc1ccc(Cl)cc1)NCc1ccc2c(c1)OCCCO2.I. The van der Waals surface area contributed by atoms with Gasteiger partial charge >= 0.3 is 0 Å². The van der Waals surface area contributed by atoms with Crippen LogP contribution >= 0.6 is 35.6 Å². The topological polar surface area (TPSA) is 54.9 Å². The number of hydrogen-bond acceptors (Lipinski definition) is 3. The molecule has 146 valence electrons. The van der Waals surface area contributed by atoms with Crippen LogP contribution in [0, 0.1) is 0 Å². The first-order chi connectivity index (χ1) is 12.7. The molecule has 0 spiro atoms. The smallest absolute Gasteiger partial charge is 0.191 e. The first kappa shape index (κ1) is 21.6. The Hall–Kier alpha value is -1.67. The molecule has 1 aliphatic rings. The number of aliphatic imine (C=N–C) groups is 1. The highest BCUT2D eigenvalue weighted by Crippen LogP contribution is 2.30. The molecule has 0 saturated carbocycles. The van der Waals surface area contributed by atoms with Crippen molar-refractivity contribution in [2.45, 2.75) is 19.4 Å². The number of guanidine groups is 1. The quantitative estimate of drug-likeness (QED) is 0.369. The maximum absolute atomic E-state index is 5.91. The van der Waals surface area contributed by atoms with Crippen molar-refractivity contribution in [1.29, 1.82) is 0 Å². The molecule has 7 heteroatoms. The third-order valence-electron chi connectivity index (χ3n) is 4.11. The molecule has 5 nitrogen and oxygen atoms in total. The molecule has 0 atom stereocenters. The van der Waals surface area contributed by atoms with E-state index in [4.69, 9.17) is 21.1 Å². The maximum Gasteiger partial charge on any atom is 0.191 e. The second-order valence-electron chi connectivity index (χ2n) is 6.06. The van der Waals surface area contributed by atoms with Crippen LogP contribution in [-0.2, 0) is 13.0 Å². The largest absolute Gasteiger partial charge is 0.490 e. The Morgan fingerprint density at radius 1 is 1.00 bits per heavy atom. The van der Waals surface area contributed by atoms with Crippen molar-refractivity contribution in [3.8, 4) is 11.5 Å². The summed E-state index contributed by atoms with van der Waals surface area (Å²) in [7, 11) is 1.77. The average Bonchev–Trinajstić information content (AvgIpc) is 2.91. The predicted octanol–water partition coefficient (Wildman–Crippen LogP) is 4.03. The fourth-order valence-electron chi connectivity index (χ4n) is 2.70. The minimum atomic E-state index is 0. The minimum Gasteiger partial charge on any atom is -0.490 e. The Morgan fingerprint density at radius 3 is 2.44 bits per heavy atom. The summed E-state index contributed by atoms with van der Waals surface area (Å²) < 4.78 is 11.4. The van der Waals surface area contributed by atoms with Gasteiger partial charge in [-0.25, -0.2) is 0 Å². The fourth-order valence-corrected chi connectivity index (χ4v) is 2.83. The van der Waals surface area contributed by atoms with Crippen LogP contribution in [0.25, 0.3) is 0 Å². The summed E-state index contributed by atoms with van der Waals surface area (Å²) in [5.74, 6) is 2.40. The molecule has 27 heavy (non-hydrogen) atoms. The molecule has 2 aromatic rings. The van der Waals surface area contributed by atoms with Gasteiger partial charge in [-0.2, -0.15) is 0 Å². The van der Waals surface area contributed by atoms with E-state index in [0.717, 1.165) is 47.4 Å². The zero-order valence-electron chi connectivity index (χ0n) is 15.3. The van der Waals surface area contributed by atoms with Crippen molar-refractivity contribution < 1.29 is 9.47 Å². The van der Waals surface area contributed by atoms with Gasteiger partial charge in [0, 0.05) is 31.6 Å². The van der Waals surface area contributed by atoms with E-state index in [2.05, 4.69) is 15.6 Å². The third-order valence-corrected chi connectivity index (χ3v) is 4.37. The lowest BCUT2D eigenvalue weighted by molar-refractivity contribution is 0.297. The van der Waals surface area contributed by atoms with E-state index in [1.165, 1.54) is 5.56 Å². The summed E-state index contributed by atoms with van der Waals surface area (Å²) in [6, 6.07) is 13.9. The average molecular weight is 502 g/mol. The monoisotopic (exact) mass is 501 g/mol. The Morgan fingerprint density at radius 2 is 1.70 bits per heavy atom. The van der Waals surface area contributed by atoms with Crippen molar-refractivity contribution >= 4 is 41.5 Å². The lowest BCUT2D eigenvalue weighted by Crippen LogP contribution is -2.37. The number of rotatable bonds is 5. The van der Waals surface area contributed by atoms with Crippen LogP contribution in [0.5, 0.6) is 11.5 Å². The molecule has 0 aromatic heterocycles. The van der Waals surface area contributed by atoms with E-state index in [0.29, 0.717) is 19.8 Å². The molecule has 2 N–H and O–H groups in total. The zero-order chi connectivity index (χ0) is 18.2. The maximum atomic E-state index is 5.91. The van der Waals surface area contributed by atoms with Gasteiger partial charge in [-0.05, 0) is 41.8 Å². The number of nitrogens with zero attached hydrogens (tertiary/aromatic N) is 1. The van der Waals surface area contributed by atoms with Gasteiger partial charge in [-0.1, -0.05) is 29.8 Å². The molecule has 3 rings (SSSR count). The van der Waals surface area contributed by atoms with Gasteiger partial charge in [0.1, 0.15) is 0 Å². The van der Waals surface area contributed by atoms with Crippen LogP contribution in [0.15, 0.2) is 47.5 Å². The van der Waals surface area contributed by atoms with Crippen molar-refractivity contribution in [3.63, 3.8) is 0 Å². The van der Waals surface area contributed by atoms with Gasteiger partial charge in [0.25, 0.3) is 0 Å². The van der Waals surface area contributed by atoms with Crippen LogP contribution in [0.2, 0.25) is 5.02 Å². The van der Waals surface area contributed by atoms with Crippen LogP contribution in [0.1, 0.15) is 17.5 Å². The van der Waals surface area contributed by atoms with Gasteiger partial charge in [-0.15, -0.1) is 24.0 Å². The number of fused-ring (bicyclic) bond motifs is 1. The second-order valence-corrected chi connectivity index (χ2v) is 6.50. The molecule has 0 unspecified atom stereocenters. The van der Waals surface area contributed by atoms with E-state index in [1.807, 2.05) is 42.5 Å². The molecular weight excluding hydrogens is 477 g/mol. The highest BCUT2D eigenvalue weighted by Gasteiger charge is 2.10. The molecule has 2 aromatic carbocycles. The lowest BCUT2D eigenvalue weighted by Gasteiger charge is -2.13. The number of nitrogens with one attached hydrogen (secondary N) is 2. The number of hydrogen-bond donors (Lipinski definition) is 2. The predicted molar refractivity (Wildman–Crippen MR) is 121 cm³/mol. The lowest BCUT2D eigenvalue weighted by atomic mass is 10.1. The third kappa shape index (κ3) is 6.77. The van der Waals surface area contributed by atoms with Crippen LogP contribution in [-0.4, -0.2) is 32.8 Å². The van der Waals surface area contributed by atoms with Crippen LogP contribution in [0.3, 0.4) is 0 Å². The zero-order valence-corrected chi connectivity index (χ0v) is 18.4. The van der Waals surface area contributed by atoms with Gasteiger partial charge < -0.3 is 20.1 Å². The summed E-state index contributed by atoms with van der Waals surface area (Å²) in [5.41, 5.74) is 2.36. The molecule has 0 bridgehead atoms. The van der Waals surface area contributed by atoms with Crippen molar-refractivity contribution in [1.82, 2.24) is 10.6 Å². The Balaban J connectivity index is 0.00000261. The fraction of sp³-hybridized carbons (Fsp3) is 0.350. The molecule has 0 radical (unpaired) electrons. The molecular formula is C20H25ClIN3O2. The highest BCUT2D eigenvalue weighted by molar-refractivity contribution is 14.0. The molecule has 1 heterocycles. The second kappa shape index (κ2) is 11.2. The van der Waals surface area contributed by atoms with Crippen LogP contribution < -0.4 is 20.1 Å². The van der Waals surface area contributed by atoms with Gasteiger partial charge in [0.05, 0.1) is 13.2 Å². The molecule has 0 amide bonds. The Labute approximate surface area is 182 Å². The molecule has 0 aliphatic carbocycles. The molecule has 0 fully saturated rings. The van der Waals surface area contributed by atoms with E-state index in [-0.39, 0.29) is 24.0 Å². The number of halogens is 2. The van der Waals surface area contributed by atoms with Crippen molar-refractivity contribution in [2.75, 3.05) is 26.8 Å². The van der Waals surface area contributed by atoms with Crippen molar-refractivity contribution in [2.24, 2.45) is 4.99 Å². The summed E-state index contributed by atoms with van der Waals surface area (Å²) in [6.45, 7) is 2.85. The number of ether oxygens (including phenoxy) is 2. The minimum absolute atomic E-state index is 0. The van der Waals surface area contributed by atoms with E-state index < -0.39 is 0 Å². The van der Waals surface area contributed by atoms with Crippen molar-refractivity contribution in [3.05, 3.63) is 58.6 Å². The Bertz CT molecular complexity index is 753. The normalized spacial score (nSPS) is 13.3. The van der Waals surface area contributed by atoms with Gasteiger partial charge in [-0.3, -0.25) is 4.99 Å². The molecule has 0 saturated heterocycles. The number of benzene rings is 2. The first-order valence-corrected chi connectivity index (χ1v) is 9.20. The van der Waals surface area contributed by atoms with Gasteiger partial charge in [0.15, 0.2) is 17.5 Å². The summed E-state index contributed by atoms with van der Waals surface area (Å²) >= 11 is 5.91. The van der Waals surface area contributed by atoms with E-state index >= 15 is 0 Å². The van der Waals surface area contributed by atoms with E-state index in [9.17, 15) is 0 Å².